The smallest absolute Gasteiger partial charge is 0.338 e. The number of amides is 1. The summed E-state index contributed by atoms with van der Waals surface area (Å²) in [5, 5.41) is 2.82. The Hall–Kier alpha value is -3.14. The van der Waals surface area contributed by atoms with Gasteiger partial charge in [0.25, 0.3) is 0 Å². The molecule has 0 saturated carbocycles. The summed E-state index contributed by atoms with van der Waals surface area (Å²) >= 11 is 0. The van der Waals surface area contributed by atoms with Crippen LogP contribution in [0.2, 0.25) is 0 Å². The average Bonchev–Trinajstić information content (AvgIpc) is 2.77. The van der Waals surface area contributed by atoms with Crippen LogP contribution in [0.25, 0.3) is 0 Å². The van der Waals surface area contributed by atoms with Crippen molar-refractivity contribution in [2.75, 3.05) is 11.9 Å². The van der Waals surface area contributed by atoms with Crippen LogP contribution in [0.5, 0.6) is 0 Å². The van der Waals surface area contributed by atoms with Crippen molar-refractivity contribution < 1.29 is 14.3 Å². The third-order valence-corrected chi connectivity index (χ3v) is 5.96. The van der Waals surface area contributed by atoms with Crippen LogP contribution < -0.4 is 5.32 Å². The van der Waals surface area contributed by atoms with Gasteiger partial charge in [0, 0.05) is 11.8 Å². The van der Waals surface area contributed by atoms with Crippen LogP contribution in [0, 0.1) is 5.41 Å². The topological polar surface area (TPSA) is 55.4 Å². The highest BCUT2D eigenvalue weighted by Gasteiger charge is 2.26. The molecule has 4 heteroatoms. The number of hydrogen-bond acceptors (Lipinski definition) is 3. The molecule has 0 bridgehead atoms. The van der Waals surface area contributed by atoms with Crippen molar-refractivity contribution in [3.8, 4) is 0 Å². The Morgan fingerprint density at radius 2 is 1.79 bits per heavy atom. The van der Waals surface area contributed by atoms with Gasteiger partial charge in [0.05, 0.1) is 12.2 Å². The minimum atomic E-state index is -0.354. The van der Waals surface area contributed by atoms with Crippen LogP contribution in [0.4, 0.5) is 5.69 Å². The fraction of sp³-hybridized carbons (Fsp3) is 0.400. The quantitative estimate of drug-likeness (QED) is 0.233. The van der Waals surface area contributed by atoms with Crippen molar-refractivity contribution >= 4 is 17.6 Å². The van der Waals surface area contributed by atoms with Crippen LogP contribution >= 0.6 is 0 Å². The first kappa shape index (κ1) is 27.1. The molecule has 182 valence electrons. The van der Waals surface area contributed by atoms with Gasteiger partial charge in [0.15, 0.2) is 0 Å². The summed E-state index contributed by atoms with van der Waals surface area (Å²) in [6.07, 6.45) is 16.4. The Bertz CT molecular complexity index is 1020. The molecule has 0 spiro atoms. The van der Waals surface area contributed by atoms with Gasteiger partial charge in [-0.3, -0.25) is 4.79 Å². The summed E-state index contributed by atoms with van der Waals surface area (Å²) in [6.45, 7) is 13.2. The third kappa shape index (κ3) is 8.66. The van der Waals surface area contributed by atoms with Crippen LogP contribution in [0.1, 0.15) is 77.6 Å². The Morgan fingerprint density at radius 3 is 2.44 bits per heavy atom. The highest BCUT2D eigenvalue weighted by Crippen LogP contribution is 2.40. The molecule has 1 amide bonds. The molecular weight excluding hydrogens is 422 g/mol. The lowest BCUT2D eigenvalue weighted by molar-refractivity contribution is -0.111. The predicted molar refractivity (Wildman–Crippen MR) is 142 cm³/mol. The highest BCUT2D eigenvalue weighted by atomic mass is 16.5. The zero-order chi connectivity index (χ0) is 25.1. The molecule has 0 heterocycles. The number of ether oxygens (including phenoxy) is 1. The van der Waals surface area contributed by atoms with Gasteiger partial charge < -0.3 is 10.1 Å². The molecule has 1 N–H and O–H groups in total. The summed E-state index contributed by atoms with van der Waals surface area (Å²) in [4.78, 5) is 24.2. The number of carbonyl (C=O) groups excluding carboxylic acids is 2. The maximum atomic E-state index is 12.3. The van der Waals surface area contributed by atoms with Crippen molar-refractivity contribution in [1.29, 1.82) is 0 Å². The van der Waals surface area contributed by atoms with Crippen molar-refractivity contribution in [3.05, 3.63) is 88.6 Å². The third-order valence-electron chi connectivity index (χ3n) is 5.96. The van der Waals surface area contributed by atoms with E-state index < -0.39 is 0 Å². The SMILES string of the molecule is CCCOC(=O)c1ccc(NC(=O)\C=C(C)/C=C/C=C(C)/C=C/C2=C(C)CCCC2(C)C)cc1. The molecule has 0 aliphatic heterocycles. The fourth-order valence-electron chi connectivity index (χ4n) is 4.03. The molecular formula is C30H39NO3. The lowest BCUT2D eigenvalue weighted by Crippen LogP contribution is -2.19. The highest BCUT2D eigenvalue weighted by molar-refractivity contribution is 6.00. The van der Waals surface area contributed by atoms with Crippen molar-refractivity contribution in [3.63, 3.8) is 0 Å². The molecule has 0 radical (unpaired) electrons. The maximum Gasteiger partial charge on any atom is 0.338 e. The molecule has 1 aliphatic rings. The fourth-order valence-corrected chi connectivity index (χ4v) is 4.03. The standard InChI is InChI=1S/C30H39NO3/c1-7-20-34-29(33)25-14-16-26(17-15-25)31-28(32)21-23(3)11-8-10-22(2)13-18-27-24(4)12-9-19-30(27,5)6/h8,10-11,13-18,21H,7,9,12,19-20H2,1-6H3,(H,31,32)/b11-8+,18-13+,22-10+,23-21-. The summed E-state index contributed by atoms with van der Waals surface area (Å²) in [5.74, 6) is -0.570. The van der Waals surface area contributed by atoms with Gasteiger partial charge >= 0.3 is 5.97 Å². The Kier molecular flexibility index (Phi) is 10.3. The predicted octanol–water partition coefficient (Wildman–Crippen LogP) is 7.72. The van der Waals surface area contributed by atoms with E-state index in [9.17, 15) is 9.59 Å². The van der Waals surface area contributed by atoms with Gasteiger partial charge in [-0.05, 0) is 87.3 Å². The summed E-state index contributed by atoms with van der Waals surface area (Å²) in [7, 11) is 0. The largest absolute Gasteiger partial charge is 0.462 e. The molecule has 0 saturated heterocycles. The van der Waals surface area contributed by atoms with Gasteiger partial charge in [-0.1, -0.05) is 62.3 Å². The first-order valence-electron chi connectivity index (χ1n) is 12.1. The van der Waals surface area contributed by atoms with Crippen molar-refractivity contribution in [1.82, 2.24) is 0 Å². The molecule has 0 atom stereocenters. The normalized spacial score (nSPS) is 16.9. The van der Waals surface area contributed by atoms with E-state index in [4.69, 9.17) is 4.74 Å². The van der Waals surface area contributed by atoms with E-state index in [1.54, 1.807) is 30.3 Å². The Labute approximate surface area is 205 Å². The molecule has 4 nitrogen and oxygen atoms in total. The van der Waals surface area contributed by atoms with Gasteiger partial charge in [0.1, 0.15) is 0 Å². The van der Waals surface area contributed by atoms with Gasteiger partial charge in [-0.25, -0.2) is 4.79 Å². The van der Waals surface area contributed by atoms with Crippen LogP contribution in [-0.4, -0.2) is 18.5 Å². The monoisotopic (exact) mass is 461 g/mol. The van der Waals surface area contributed by atoms with Crippen molar-refractivity contribution in [2.24, 2.45) is 5.41 Å². The van der Waals surface area contributed by atoms with Crippen LogP contribution in [-0.2, 0) is 9.53 Å². The number of hydrogen-bond donors (Lipinski definition) is 1. The van der Waals surface area contributed by atoms with Gasteiger partial charge in [-0.15, -0.1) is 0 Å². The molecule has 1 aromatic carbocycles. The number of nitrogens with one attached hydrogen (secondary N) is 1. The molecule has 1 aliphatic carbocycles. The average molecular weight is 462 g/mol. The minimum absolute atomic E-state index is 0.217. The van der Waals surface area contributed by atoms with Gasteiger partial charge in [-0.2, -0.15) is 0 Å². The number of allylic oxidation sites excluding steroid dienone is 9. The lowest BCUT2D eigenvalue weighted by atomic mass is 9.72. The van der Waals surface area contributed by atoms with Crippen molar-refractivity contribution in [2.45, 2.75) is 67.2 Å². The summed E-state index contributed by atoms with van der Waals surface area (Å²) < 4.78 is 5.11. The number of esters is 1. The number of carbonyl (C=O) groups is 2. The molecule has 1 aromatic rings. The Morgan fingerprint density at radius 1 is 1.09 bits per heavy atom. The van der Waals surface area contributed by atoms with Gasteiger partial charge in [0.2, 0.25) is 5.91 Å². The number of rotatable bonds is 9. The van der Waals surface area contributed by atoms with Crippen LogP contribution in [0.3, 0.4) is 0 Å². The first-order valence-corrected chi connectivity index (χ1v) is 12.1. The van der Waals surface area contributed by atoms with E-state index in [0.717, 1.165) is 17.6 Å². The second kappa shape index (κ2) is 12.9. The lowest BCUT2D eigenvalue weighted by Gasteiger charge is -2.32. The number of benzene rings is 1. The zero-order valence-electron chi connectivity index (χ0n) is 21.5. The molecule has 0 fully saturated rings. The van der Waals surface area contributed by atoms with E-state index in [1.807, 2.05) is 32.1 Å². The van der Waals surface area contributed by atoms with E-state index in [1.165, 1.54) is 30.4 Å². The number of anilines is 1. The van der Waals surface area contributed by atoms with E-state index in [0.29, 0.717) is 17.9 Å². The zero-order valence-corrected chi connectivity index (χ0v) is 21.5. The Balaban J connectivity index is 1.92. The summed E-state index contributed by atoms with van der Waals surface area (Å²) in [5.41, 5.74) is 6.28. The maximum absolute atomic E-state index is 12.3. The van der Waals surface area contributed by atoms with E-state index in [2.05, 4.69) is 45.2 Å². The molecule has 34 heavy (non-hydrogen) atoms. The van der Waals surface area contributed by atoms with E-state index in [-0.39, 0.29) is 17.3 Å². The second-order valence-electron chi connectivity index (χ2n) is 9.63. The molecule has 0 aromatic heterocycles. The second-order valence-corrected chi connectivity index (χ2v) is 9.63. The van der Waals surface area contributed by atoms with Crippen LogP contribution in [0.15, 0.2) is 83.0 Å². The summed E-state index contributed by atoms with van der Waals surface area (Å²) in [6, 6.07) is 6.69. The molecule has 0 unspecified atom stereocenters. The first-order chi connectivity index (χ1) is 16.1. The minimum Gasteiger partial charge on any atom is -0.462 e. The molecule has 2 rings (SSSR count). The van der Waals surface area contributed by atoms with E-state index >= 15 is 0 Å².